The van der Waals surface area contributed by atoms with Gasteiger partial charge < -0.3 is 9.64 Å². The highest BCUT2D eigenvalue weighted by molar-refractivity contribution is 6.31. The third kappa shape index (κ3) is 3.76. The molecule has 0 fully saturated rings. The van der Waals surface area contributed by atoms with Crippen LogP contribution in [0.25, 0.3) is 10.9 Å². The number of amides is 1. The molecule has 0 aliphatic carbocycles. The Morgan fingerprint density at radius 1 is 1.46 bits per heavy atom. The van der Waals surface area contributed by atoms with Gasteiger partial charge in [-0.2, -0.15) is 0 Å². The van der Waals surface area contributed by atoms with E-state index in [4.69, 9.17) is 16.3 Å². The van der Waals surface area contributed by atoms with Gasteiger partial charge in [-0.25, -0.2) is 4.98 Å². The fraction of sp³-hybridized carbons (Fsp3) is 0.471. The van der Waals surface area contributed by atoms with E-state index in [0.29, 0.717) is 41.3 Å². The van der Waals surface area contributed by atoms with Gasteiger partial charge in [0, 0.05) is 39.3 Å². The molecular formula is C17H22ClN3O3. The molecular weight excluding hydrogens is 330 g/mol. The van der Waals surface area contributed by atoms with Crippen LogP contribution >= 0.6 is 11.6 Å². The van der Waals surface area contributed by atoms with Gasteiger partial charge >= 0.3 is 0 Å². The summed E-state index contributed by atoms with van der Waals surface area (Å²) >= 11 is 6.01. The van der Waals surface area contributed by atoms with Crippen LogP contribution in [0.3, 0.4) is 0 Å². The summed E-state index contributed by atoms with van der Waals surface area (Å²) in [6.07, 6.45) is 0.716. The van der Waals surface area contributed by atoms with E-state index in [1.165, 1.54) is 11.5 Å². The molecule has 0 spiro atoms. The number of nitrogens with zero attached hydrogens (tertiary/aromatic N) is 3. The highest BCUT2D eigenvalue weighted by Crippen LogP contribution is 2.21. The van der Waals surface area contributed by atoms with Crippen molar-refractivity contribution in [3.8, 4) is 0 Å². The number of carbonyl (C=O) groups is 1. The van der Waals surface area contributed by atoms with Crippen LogP contribution < -0.4 is 5.56 Å². The summed E-state index contributed by atoms with van der Waals surface area (Å²) in [4.78, 5) is 30.9. The Morgan fingerprint density at radius 3 is 2.79 bits per heavy atom. The molecule has 0 radical (unpaired) electrons. The van der Waals surface area contributed by atoms with E-state index >= 15 is 0 Å². The fourth-order valence-electron chi connectivity index (χ4n) is 2.78. The smallest absolute Gasteiger partial charge is 0.261 e. The van der Waals surface area contributed by atoms with Crippen molar-refractivity contribution in [2.24, 2.45) is 7.05 Å². The van der Waals surface area contributed by atoms with Crippen molar-refractivity contribution in [1.29, 1.82) is 0 Å². The summed E-state index contributed by atoms with van der Waals surface area (Å²) in [5.74, 6) is 0.460. The van der Waals surface area contributed by atoms with Crippen LogP contribution in [-0.2, 0) is 16.6 Å². The third-order valence-electron chi connectivity index (χ3n) is 4.07. The second kappa shape index (κ2) is 7.77. The Kier molecular flexibility index (Phi) is 5.96. The van der Waals surface area contributed by atoms with Gasteiger partial charge in [-0.15, -0.1) is 0 Å². The Morgan fingerprint density at radius 2 is 2.17 bits per heavy atom. The number of benzene rings is 1. The highest BCUT2D eigenvalue weighted by atomic mass is 35.5. The van der Waals surface area contributed by atoms with Gasteiger partial charge in [0.25, 0.3) is 5.56 Å². The van der Waals surface area contributed by atoms with Crippen molar-refractivity contribution in [2.45, 2.75) is 26.3 Å². The zero-order chi connectivity index (χ0) is 17.9. The summed E-state index contributed by atoms with van der Waals surface area (Å²) < 4.78 is 6.54. The molecule has 1 unspecified atom stereocenters. The van der Waals surface area contributed by atoms with Crippen molar-refractivity contribution >= 4 is 28.4 Å². The van der Waals surface area contributed by atoms with Crippen LogP contribution in [0.2, 0.25) is 5.02 Å². The quantitative estimate of drug-likeness (QED) is 0.750. The Bertz CT molecular complexity index is 804. The van der Waals surface area contributed by atoms with Gasteiger partial charge in [-0.3, -0.25) is 14.2 Å². The SMILES string of the molecule is COCCCN(C(C)=O)C(C)c1nc2cc(Cl)ccc2c(=O)n1C. The Labute approximate surface area is 146 Å². The Hall–Kier alpha value is -1.92. The predicted octanol–water partition coefficient (Wildman–Crippen LogP) is 2.53. The minimum atomic E-state index is -0.333. The molecule has 0 saturated heterocycles. The molecule has 0 saturated carbocycles. The third-order valence-corrected chi connectivity index (χ3v) is 4.30. The predicted molar refractivity (Wildman–Crippen MR) is 94.3 cm³/mol. The van der Waals surface area contributed by atoms with Gasteiger partial charge in [-0.05, 0) is 31.5 Å². The van der Waals surface area contributed by atoms with E-state index in [1.807, 2.05) is 6.92 Å². The maximum Gasteiger partial charge on any atom is 0.261 e. The van der Waals surface area contributed by atoms with Crippen LogP contribution in [0, 0.1) is 0 Å². The number of hydrogen-bond donors (Lipinski definition) is 0. The molecule has 7 heteroatoms. The summed E-state index contributed by atoms with van der Waals surface area (Å²) in [6, 6.07) is 4.67. The van der Waals surface area contributed by atoms with E-state index in [0.717, 1.165) is 0 Å². The number of halogens is 1. The molecule has 1 aromatic heterocycles. The van der Waals surface area contributed by atoms with Crippen LogP contribution in [0.4, 0.5) is 0 Å². The van der Waals surface area contributed by atoms with E-state index in [2.05, 4.69) is 4.98 Å². The first-order chi connectivity index (χ1) is 11.4. The van der Waals surface area contributed by atoms with Crippen molar-refractivity contribution in [1.82, 2.24) is 14.5 Å². The lowest BCUT2D eigenvalue weighted by atomic mass is 10.2. The lowest BCUT2D eigenvalue weighted by Crippen LogP contribution is -2.36. The fourth-order valence-corrected chi connectivity index (χ4v) is 2.94. The van der Waals surface area contributed by atoms with E-state index in [9.17, 15) is 9.59 Å². The number of rotatable bonds is 6. The Balaban J connectivity index is 2.47. The van der Waals surface area contributed by atoms with Gasteiger partial charge in [0.1, 0.15) is 5.82 Å². The van der Waals surface area contributed by atoms with Crippen LogP contribution in [-0.4, -0.2) is 40.6 Å². The average Bonchev–Trinajstić information content (AvgIpc) is 2.54. The number of carbonyl (C=O) groups excluding carboxylic acids is 1. The standard InChI is InChI=1S/C17H22ClN3O3/c1-11(21(12(2)22)8-5-9-24-4)16-19-15-10-13(18)6-7-14(15)17(23)20(16)3/h6-7,10-11H,5,8-9H2,1-4H3. The first-order valence-corrected chi connectivity index (χ1v) is 8.17. The van der Waals surface area contributed by atoms with Crippen molar-refractivity contribution in [3.63, 3.8) is 0 Å². The van der Waals surface area contributed by atoms with Gasteiger partial charge in [-0.1, -0.05) is 11.6 Å². The number of aromatic nitrogens is 2. The summed E-state index contributed by atoms with van der Waals surface area (Å²) in [6.45, 7) is 4.48. The largest absolute Gasteiger partial charge is 0.385 e. The average molecular weight is 352 g/mol. The number of hydrogen-bond acceptors (Lipinski definition) is 4. The molecule has 0 aliphatic heterocycles. The summed E-state index contributed by atoms with van der Waals surface area (Å²) in [5.41, 5.74) is 0.381. The molecule has 24 heavy (non-hydrogen) atoms. The topological polar surface area (TPSA) is 64.4 Å². The molecule has 2 aromatic rings. The van der Waals surface area contributed by atoms with Gasteiger partial charge in [0.05, 0.1) is 16.9 Å². The first kappa shape index (κ1) is 18.4. The minimum absolute atomic E-state index is 0.0703. The van der Waals surface area contributed by atoms with Crippen LogP contribution in [0.5, 0.6) is 0 Å². The molecule has 1 atom stereocenters. The second-order valence-electron chi connectivity index (χ2n) is 5.73. The van der Waals surface area contributed by atoms with Gasteiger partial charge in [0.15, 0.2) is 0 Å². The monoisotopic (exact) mass is 351 g/mol. The number of methoxy groups -OCH3 is 1. The molecule has 2 rings (SSSR count). The second-order valence-corrected chi connectivity index (χ2v) is 6.17. The first-order valence-electron chi connectivity index (χ1n) is 7.79. The molecule has 6 nitrogen and oxygen atoms in total. The number of ether oxygens (including phenoxy) is 1. The number of fused-ring (bicyclic) bond motifs is 1. The van der Waals surface area contributed by atoms with E-state index in [1.54, 1.807) is 37.3 Å². The molecule has 0 bridgehead atoms. The van der Waals surface area contributed by atoms with Crippen molar-refractivity contribution in [2.75, 3.05) is 20.3 Å². The molecule has 1 aromatic carbocycles. The van der Waals surface area contributed by atoms with Crippen molar-refractivity contribution < 1.29 is 9.53 Å². The zero-order valence-corrected chi connectivity index (χ0v) is 15.1. The van der Waals surface area contributed by atoms with E-state index in [-0.39, 0.29) is 17.5 Å². The lowest BCUT2D eigenvalue weighted by Gasteiger charge is -2.29. The minimum Gasteiger partial charge on any atom is -0.385 e. The van der Waals surface area contributed by atoms with E-state index < -0.39 is 0 Å². The molecule has 0 aliphatic rings. The van der Waals surface area contributed by atoms with Crippen LogP contribution in [0.1, 0.15) is 32.1 Å². The normalized spacial score (nSPS) is 12.4. The highest BCUT2D eigenvalue weighted by Gasteiger charge is 2.22. The maximum atomic E-state index is 12.6. The lowest BCUT2D eigenvalue weighted by molar-refractivity contribution is -0.131. The summed E-state index contributed by atoms with van der Waals surface area (Å²) in [7, 11) is 3.29. The zero-order valence-electron chi connectivity index (χ0n) is 14.4. The van der Waals surface area contributed by atoms with Gasteiger partial charge in [0.2, 0.25) is 5.91 Å². The molecule has 1 heterocycles. The van der Waals surface area contributed by atoms with Crippen LogP contribution in [0.15, 0.2) is 23.0 Å². The molecule has 1 amide bonds. The molecule has 0 N–H and O–H groups in total. The maximum absolute atomic E-state index is 12.6. The molecule has 130 valence electrons. The van der Waals surface area contributed by atoms with Crippen molar-refractivity contribution in [3.05, 3.63) is 39.4 Å². The summed E-state index contributed by atoms with van der Waals surface area (Å²) in [5, 5.41) is 1.02.